The quantitative estimate of drug-likeness (QED) is 0.827. The second-order valence-corrected chi connectivity index (χ2v) is 6.03. The molecule has 0 radical (unpaired) electrons. The third-order valence-corrected chi connectivity index (χ3v) is 4.39. The van der Waals surface area contributed by atoms with Crippen molar-refractivity contribution in [1.82, 2.24) is 9.80 Å². The highest BCUT2D eigenvalue weighted by atomic mass is 19.3. The average Bonchev–Trinajstić information content (AvgIpc) is 3.15. The normalized spacial score (nSPS) is 20.8. The lowest BCUT2D eigenvalue weighted by atomic mass is 10.1. The van der Waals surface area contributed by atoms with Gasteiger partial charge >= 0.3 is 6.61 Å². The topological polar surface area (TPSA) is 59.1 Å². The van der Waals surface area contributed by atoms with Crippen molar-refractivity contribution in [1.29, 1.82) is 0 Å². The fourth-order valence-electron chi connectivity index (χ4n) is 3.09. The number of hydrogen-bond donors (Lipinski definition) is 0. The highest BCUT2D eigenvalue weighted by Crippen LogP contribution is 2.19. The Bertz CT molecular complexity index is 627. The van der Waals surface area contributed by atoms with E-state index in [4.69, 9.17) is 4.74 Å². The summed E-state index contributed by atoms with van der Waals surface area (Å²) in [5, 5.41) is 0. The van der Waals surface area contributed by atoms with Gasteiger partial charge in [-0.3, -0.25) is 9.59 Å². The zero-order chi connectivity index (χ0) is 17.8. The molecule has 2 aliphatic heterocycles. The van der Waals surface area contributed by atoms with Crippen molar-refractivity contribution in [3.05, 3.63) is 29.8 Å². The van der Waals surface area contributed by atoms with Gasteiger partial charge in [0.1, 0.15) is 11.9 Å². The molecule has 0 aromatic heterocycles. The molecule has 1 aromatic rings. The Morgan fingerprint density at radius 3 is 2.52 bits per heavy atom. The van der Waals surface area contributed by atoms with Crippen LogP contribution in [0.5, 0.6) is 5.75 Å². The van der Waals surface area contributed by atoms with Crippen LogP contribution in [0.1, 0.15) is 23.2 Å². The van der Waals surface area contributed by atoms with Gasteiger partial charge in [-0.2, -0.15) is 8.78 Å². The fraction of sp³-hybridized carbons (Fsp3) is 0.529. The van der Waals surface area contributed by atoms with E-state index < -0.39 is 6.61 Å². The summed E-state index contributed by atoms with van der Waals surface area (Å²) in [7, 11) is 0. The van der Waals surface area contributed by atoms with Crippen LogP contribution in [-0.2, 0) is 9.53 Å². The van der Waals surface area contributed by atoms with Crippen molar-refractivity contribution in [3.63, 3.8) is 0 Å². The van der Waals surface area contributed by atoms with Gasteiger partial charge < -0.3 is 19.3 Å². The number of benzene rings is 1. The van der Waals surface area contributed by atoms with Crippen LogP contribution in [0.2, 0.25) is 0 Å². The van der Waals surface area contributed by atoms with Crippen molar-refractivity contribution in [2.75, 3.05) is 32.8 Å². The second kappa shape index (κ2) is 7.77. The second-order valence-electron chi connectivity index (χ2n) is 6.03. The van der Waals surface area contributed by atoms with E-state index in [9.17, 15) is 18.4 Å². The van der Waals surface area contributed by atoms with E-state index in [2.05, 4.69) is 4.74 Å². The summed E-state index contributed by atoms with van der Waals surface area (Å²) in [4.78, 5) is 28.2. The molecule has 0 N–H and O–H groups in total. The minimum atomic E-state index is -2.93. The number of halogens is 2. The summed E-state index contributed by atoms with van der Waals surface area (Å²) in [6.45, 7) is -0.631. The Balaban J connectivity index is 1.57. The van der Waals surface area contributed by atoms with Crippen LogP contribution in [-0.4, -0.2) is 67.1 Å². The van der Waals surface area contributed by atoms with Gasteiger partial charge in [0.15, 0.2) is 0 Å². The first-order valence-corrected chi connectivity index (χ1v) is 8.29. The number of piperazine rings is 1. The number of ether oxygens (including phenoxy) is 2. The van der Waals surface area contributed by atoms with Crippen LogP contribution in [0.15, 0.2) is 24.3 Å². The van der Waals surface area contributed by atoms with Crippen LogP contribution >= 0.6 is 0 Å². The van der Waals surface area contributed by atoms with Crippen molar-refractivity contribution in [3.8, 4) is 5.75 Å². The van der Waals surface area contributed by atoms with Gasteiger partial charge in [0, 0.05) is 38.3 Å². The third kappa shape index (κ3) is 4.25. The van der Waals surface area contributed by atoms with Gasteiger partial charge in [0.05, 0.1) is 0 Å². The van der Waals surface area contributed by atoms with Gasteiger partial charge in [0.25, 0.3) is 11.8 Å². The third-order valence-electron chi connectivity index (χ3n) is 4.39. The molecular formula is C17H20F2N2O4. The molecule has 2 fully saturated rings. The Kier molecular flexibility index (Phi) is 5.47. The maximum Gasteiger partial charge on any atom is 0.387 e. The zero-order valence-electron chi connectivity index (χ0n) is 13.7. The summed E-state index contributed by atoms with van der Waals surface area (Å²) >= 11 is 0. The molecule has 1 atom stereocenters. The standard InChI is InChI=1S/C17H20F2N2O4/c18-17(19)25-13-4-1-3-12(11-13)15(22)20-6-8-21(9-7-20)16(23)14-5-2-10-24-14/h1,3-4,11,14,17H,2,5-10H2. The number of rotatable bonds is 4. The molecule has 2 aliphatic rings. The smallest absolute Gasteiger partial charge is 0.387 e. The Labute approximate surface area is 144 Å². The van der Waals surface area contributed by atoms with Crippen LogP contribution in [0.3, 0.4) is 0 Å². The molecule has 2 heterocycles. The van der Waals surface area contributed by atoms with Crippen LogP contribution in [0, 0.1) is 0 Å². The number of hydrogen-bond acceptors (Lipinski definition) is 4. The minimum Gasteiger partial charge on any atom is -0.435 e. The molecule has 2 saturated heterocycles. The summed E-state index contributed by atoms with van der Waals surface area (Å²) in [6, 6.07) is 5.74. The summed E-state index contributed by atoms with van der Waals surface area (Å²) < 4.78 is 34.3. The predicted octanol–water partition coefficient (Wildman–Crippen LogP) is 1.75. The molecule has 0 spiro atoms. The number of carbonyl (C=O) groups excluding carboxylic acids is 2. The molecule has 3 rings (SSSR count). The minimum absolute atomic E-state index is 0.0167. The molecule has 8 heteroatoms. The number of nitrogens with zero attached hydrogens (tertiary/aromatic N) is 2. The molecule has 25 heavy (non-hydrogen) atoms. The number of amides is 2. The molecule has 1 aromatic carbocycles. The van der Waals surface area contributed by atoms with Gasteiger partial charge in [0.2, 0.25) is 0 Å². The van der Waals surface area contributed by atoms with Crippen LogP contribution in [0.25, 0.3) is 0 Å². The van der Waals surface area contributed by atoms with E-state index in [1.54, 1.807) is 15.9 Å². The highest BCUT2D eigenvalue weighted by molar-refractivity contribution is 5.94. The van der Waals surface area contributed by atoms with Crippen molar-refractivity contribution < 1.29 is 27.8 Å². The van der Waals surface area contributed by atoms with Gasteiger partial charge in [-0.25, -0.2) is 0 Å². The van der Waals surface area contributed by atoms with E-state index in [0.29, 0.717) is 32.8 Å². The lowest BCUT2D eigenvalue weighted by molar-refractivity contribution is -0.142. The van der Waals surface area contributed by atoms with Gasteiger partial charge in [-0.05, 0) is 31.0 Å². The largest absolute Gasteiger partial charge is 0.435 e. The van der Waals surface area contributed by atoms with E-state index >= 15 is 0 Å². The maximum atomic E-state index is 12.5. The fourth-order valence-corrected chi connectivity index (χ4v) is 3.09. The molecule has 0 saturated carbocycles. The average molecular weight is 354 g/mol. The van der Waals surface area contributed by atoms with Crippen LogP contribution < -0.4 is 4.74 Å². The van der Waals surface area contributed by atoms with E-state index in [1.165, 1.54) is 18.2 Å². The predicted molar refractivity (Wildman–Crippen MR) is 84.5 cm³/mol. The zero-order valence-corrected chi connectivity index (χ0v) is 13.7. The summed E-state index contributed by atoms with van der Waals surface area (Å²) in [5.74, 6) is -0.325. The Hall–Kier alpha value is -2.22. The van der Waals surface area contributed by atoms with Gasteiger partial charge in [-0.1, -0.05) is 6.07 Å². The molecule has 2 amide bonds. The maximum absolute atomic E-state index is 12.5. The van der Waals surface area contributed by atoms with Gasteiger partial charge in [-0.15, -0.1) is 0 Å². The molecule has 1 unspecified atom stereocenters. The molecule has 0 bridgehead atoms. The first kappa shape index (κ1) is 17.6. The monoisotopic (exact) mass is 354 g/mol. The summed E-state index contributed by atoms with van der Waals surface area (Å²) in [5.41, 5.74) is 0.289. The molecule has 136 valence electrons. The van der Waals surface area contributed by atoms with Crippen molar-refractivity contribution >= 4 is 11.8 Å². The molecule has 6 nitrogen and oxygen atoms in total. The van der Waals surface area contributed by atoms with Crippen molar-refractivity contribution in [2.45, 2.75) is 25.6 Å². The highest BCUT2D eigenvalue weighted by Gasteiger charge is 2.31. The lowest BCUT2D eigenvalue weighted by Crippen LogP contribution is -2.52. The number of alkyl halides is 2. The SMILES string of the molecule is O=C(c1cccc(OC(F)F)c1)N1CCN(C(=O)C2CCCO2)CC1. The van der Waals surface area contributed by atoms with E-state index in [0.717, 1.165) is 12.8 Å². The van der Waals surface area contributed by atoms with Crippen LogP contribution in [0.4, 0.5) is 8.78 Å². The molecular weight excluding hydrogens is 334 g/mol. The van der Waals surface area contributed by atoms with Crippen molar-refractivity contribution in [2.24, 2.45) is 0 Å². The Morgan fingerprint density at radius 2 is 1.88 bits per heavy atom. The van der Waals surface area contributed by atoms with E-state index in [-0.39, 0.29) is 29.2 Å². The first-order valence-electron chi connectivity index (χ1n) is 8.29. The first-order chi connectivity index (χ1) is 12.0. The number of carbonyl (C=O) groups is 2. The summed E-state index contributed by atoms with van der Waals surface area (Å²) in [6.07, 6.45) is 1.28. The Morgan fingerprint density at radius 1 is 1.16 bits per heavy atom. The lowest BCUT2D eigenvalue weighted by Gasteiger charge is -2.35. The molecule has 0 aliphatic carbocycles. The van der Waals surface area contributed by atoms with E-state index in [1.807, 2.05) is 0 Å².